The normalized spacial score (nSPS) is 15.5. The Hall–Kier alpha value is -1.87. The number of aliphatic hydroxyl groups is 1. The molecule has 3 rings (SSSR count). The molecule has 0 radical (unpaired) electrons. The summed E-state index contributed by atoms with van der Waals surface area (Å²) >= 11 is 1.39. The van der Waals surface area contributed by atoms with Crippen molar-refractivity contribution in [2.24, 2.45) is 7.05 Å². The minimum atomic E-state index is -0.538. The molecule has 0 fully saturated rings. The van der Waals surface area contributed by atoms with Crippen LogP contribution < -0.4 is 0 Å². The Morgan fingerprint density at radius 2 is 2.30 bits per heavy atom. The third kappa shape index (κ3) is 3.40. The first-order chi connectivity index (χ1) is 11.1. The van der Waals surface area contributed by atoms with Crippen molar-refractivity contribution in [3.8, 4) is 0 Å². The summed E-state index contributed by atoms with van der Waals surface area (Å²) in [6.45, 7) is 3.74. The van der Waals surface area contributed by atoms with Gasteiger partial charge in [0, 0.05) is 13.6 Å². The molecular formula is C14H20N6O2S. The number of carbonyl (C=O) groups is 1. The van der Waals surface area contributed by atoms with E-state index in [9.17, 15) is 9.90 Å². The van der Waals surface area contributed by atoms with Crippen LogP contribution in [0, 0.1) is 0 Å². The lowest BCUT2D eigenvalue weighted by Crippen LogP contribution is -2.39. The molecule has 0 unspecified atom stereocenters. The molecule has 3 heterocycles. The van der Waals surface area contributed by atoms with Crippen molar-refractivity contribution in [2.75, 3.05) is 12.3 Å². The maximum Gasteiger partial charge on any atom is 0.233 e. The number of carbonyl (C=O) groups excluding carboxylic acids is 1. The van der Waals surface area contributed by atoms with Crippen molar-refractivity contribution in [1.82, 2.24) is 29.4 Å². The molecule has 0 bridgehead atoms. The Kier molecular flexibility index (Phi) is 4.67. The number of aryl methyl sites for hydroxylation is 1. The average Bonchev–Trinajstić information content (AvgIpc) is 3.16. The minimum absolute atomic E-state index is 0.0723. The van der Waals surface area contributed by atoms with Gasteiger partial charge in [0.05, 0.1) is 36.3 Å². The lowest BCUT2D eigenvalue weighted by atomic mass is 10.2. The molecule has 1 aliphatic heterocycles. The minimum Gasteiger partial charge on any atom is -0.387 e. The van der Waals surface area contributed by atoms with Gasteiger partial charge in [0.1, 0.15) is 6.33 Å². The number of amides is 1. The molecule has 0 aromatic carbocycles. The number of aromatic nitrogens is 5. The quantitative estimate of drug-likeness (QED) is 0.804. The summed E-state index contributed by atoms with van der Waals surface area (Å²) in [6.07, 6.45) is 1.71. The van der Waals surface area contributed by atoms with Crippen LogP contribution in [0.15, 0.2) is 17.6 Å². The standard InChI is InChI=1S/C14H20N6O2S/c1-3-12(21)11-6-10-7-19(4-5-20(10)17-11)13(22)8-23-14-16-15-9-18(14)2/h6,9,12,21H,3-5,7-8H2,1-2H3/t12-/m1/s1. The van der Waals surface area contributed by atoms with Crippen LogP contribution in [0.5, 0.6) is 0 Å². The Morgan fingerprint density at radius 3 is 3.00 bits per heavy atom. The van der Waals surface area contributed by atoms with Crippen LogP contribution >= 0.6 is 11.8 Å². The second kappa shape index (κ2) is 6.71. The lowest BCUT2D eigenvalue weighted by molar-refractivity contribution is -0.129. The largest absolute Gasteiger partial charge is 0.387 e. The van der Waals surface area contributed by atoms with E-state index >= 15 is 0 Å². The first-order valence-corrected chi connectivity index (χ1v) is 8.56. The molecule has 0 aliphatic carbocycles. The molecule has 0 spiro atoms. The highest BCUT2D eigenvalue weighted by Gasteiger charge is 2.24. The summed E-state index contributed by atoms with van der Waals surface area (Å²) in [4.78, 5) is 14.2. The Morgan fingerprint density at radius 1 is 1.48 bits per heavy atom. The molecular weight excluding hydrogens is 316 g/mol. The van der Waals surface area contributed by atoms with Crippen molar-refractivity contribution >= 4 is 17.7 Å². The lowest BCUT2D eigenvalue weighted by Gasteiger charge is -2.27. The summed E-state index contributed by atoms with van der Waals surface area (Å²) in [5.41, 5.74) is 1.65. The second-order valence-corrected chi connectivity index (χ2v) is 6.48. The molecule has 9 heteroatoms. The zero-order valence-corrected chi connectivity index (χ0v) is 14.0. The highest BCUT2D eigenvalue weighted by Crippen LogP contribution is 2.21. The third-order valence-electron chi connectivity index (χ3n) is 3.89. The van der Waals surface area contributed by atoms with E-state index in [0.29, 0.717) is 37.5 Å². The molecule has 1 aliphatic rings. The van der Waals surface area contributed by atoms with Gasteiger partial charge in [-0.3, -0.25) is 9.48 Å². The number of rotatable bonds is 5. The van der Waals surface area contributed by atoms with Gasteiger partial charge in [-0.05, 0) is 12.5 Å². The monoisotopic (exact) mass is 336 g/mol. The van der Waals surface area contributed by atoms with E-state index < -0.39 is 6.10 Å². The van der Waals surface area contributed by atoms with Crippen molar-refractivity contribution in [2.45, 2.75) is 37.7 Å². The fraction of sp³-hybridized carbons (Fsp3) is 0.571. The van der Waals surface area contributed by atoms with Crippen molar-refractivity contribution < 1.29 is 9.90 Å². The van der Waals surface area contributed by atoms with Crippen LogP contribution in [0.2, 0.25) is 0 Å². The van der Waals surface area contributed by atoms with Crippen molar-refractivity contribution in [3.63, 3.8) is 0 Å². The molecule has 0 saturated carbocycles. The van der Waals surface area contributed by atoms with Gasteiger partial charge in [0.15, 0.2) is 5.16 Å². The maximum absolute atomic E-state index is 12.4. The first-order valence-electron chi connectivity index (χ1n) is 7.57. The summed E-state index contributed by atoms with van der Waals surface area (Å²) in [5.74, 6) is 0.411. The van der Waals surface area contributed by atoms with E-state index in [1.165, 1.54) is 11.8 Å². The zero-order chi connectivity index (χ0) is 16.4. The van der Waals surface area contributed by atoms with Crippen LogP contribution in [0.4, 0.5) is 0 Å². The van der Waals surface area contributed by atoms with Gasteiger partial charge < -0.3 is 14.6 Å². The summed E-state index contributed by atoms with van der Waals surface area (Å²) < 4.78 is 3.68. The summed E-state index contributed by atoms with van der Waals surface area (Å²) in [6, 6.07) is 1.89. The zero-order valence-electron chi connectivity index (χ0n) is 13.2. The molecule has 8 nitrogen and oxygen atoms in total. The van der Waals surface area contributed by atoms with Crippen LogP contribution in [-0.4, -0.2) is 52.8 Å². The Balaban J connectivity index is 1.61. The fourth-order valence-corrected chi connectivity index (χ4v) is 3.29. The smallest absolute Gasteiger partial charge is 0.233 e. The molecule has 0 saturated heterocycles. The predicted octanol–water partition coefficient (Wildman–Crippen LogP) is 0.589. The number of nitrogens with zero attached hydrogens (tertiary/aromatic N) is 6. The Bertz CT molecular complexity index is 697. The van der Waals surface area contributed by atoms with Gasteiger partial charge in [-0.1, -0.05) is 18.7 Å². The Labute approximate surface area is 138 Å². The van der Waals surface area contributed by atoms with E-state index in [4.69, 9.17) is 0 Å². The van der Waals surface area contributed by atoms with Gasteiger partial charge in [-0.2, -0.15) is 5.10 Å². The van der Waals surface area contributed by atoms with Gasteiger partial charge in [0.25, 0.3) is 0 Å². The average molecular weight is 336 g/mol. The molecule has 2 aromatic heterocycles. The molecule has 23 heavy (non-hydrogen) atoms. The predicted molar refractivity (Wildman–Crippen MR) is 84.6 cm³/mol. The molecule has 1 amide bonds. The van der Waals surface area contributed by atoms with E-state index in [2.05, 4.69) is 15.3 Å². The van der Waals surface area contributed by atoms with Crippen molar-refractivity contribution in [3.05, 3.63) is 23.8 Å². The SMILES string of the molecule is CC[C@@H](O)c1cc2n(n1)CCN(C(=O)CSc1nncn1C)C2. The van der Waals surface area contributed by atoms with Gasteiger partial charge in [0.2, 0.25) is 5.91 Å². The van der Waals surface area contributed by atoms with E-state index in [0.717, 1.165) is 10.9 Å². The topological polar surface area (TPSA) is 89.1 Å². The molecule has 124 valence electrons. The molecule has 2 aromatic rings. The van der Waals surface area contributed by atoms with E-state index in [1.54, 1.807) is 10.9 Å². The van der Waals surface area contributed by atoms with Gasteiger partial charge in [-0.25, -0.2) is 0 Å². The third-order valence-corrected chi connectivity index (χ3v) is 4.91. The fourth-order valence-electron chi connectivity index (χ4n) is 2.49. The number of aliphatic hydroxyl groups excluding tert-OH is 1. The number of thioether (sulfide) groups is 1. The van der Waals surface area contributed by atoms with Crippen molar-refractivity contribution in [1.29, 1.82) is 0 Å². The van der Waals surface area contributed by atoms with Crippen LogP contribution in [0.1, 0.15) is 30.8 Å². The van der Waals surface area contributed by atoms with E-state index in [1.807, 2.05) is 29.6 Å². The maximum atomic E-state index is 12.4. The van der Waals surface area contributed by atoms with Crippen LogP contribution in [-0.2, 0) is 24.9 Å². The number of hydrogen-bond donors (Lipinski definition) is 1. The second-order valence-electron chi connectivity index (χ2n) is 5.54. The highest BCUT2D eigenvalue weighted by molar-refractivity contribution is 7.99. The van der Waals surface area contributed by atoms with Crippen LogP contribution in [0.3, 0.4) is 0 Å². The molecule has 1 atom stereocenters. The van der Waals surface area contributed by atoms with Gasteiger partial charge in [-0.15, -0.1) is 10.2 Å². The number of hydrogen-bond acceptors (Lipinski definition) is 6. The van der Waals surface area contributed by atoms with Gasteiger partial charge >= 0.3 is 0 Å². The number of fused-ring (bicyclic) bond motifs is 1. The highest BCUT2D eigenvalue weighted by atomic mass is 32.2. The first kappa shape index (κ1) is 16.0. The van der Waals surface area contributed by atoms with Crippen LogP contribution in [0.25, 0.3) is 0 Å². The van der Waals surface area contributed by atoms with E-state index in [-0.39, 0.29) is 5.91 Å². The summed E-state index contributed by atoms with van der Waals surface area (Å²) in [7, 11) is 1.85. The molecule has 1 N–H and O–H groups in total. The summed E-state index contributed by atoms with van der Waals surface area (Å²) in [5, 5.41) is 22.8.